The van der Waals surface area contributed by atoms with Gasteiger partial charge in [-0.25, -0.2) is 0 Å². The number of nitrogens with one attached hydrogen (secondary N) is 1. The highest BCUT2D eigenvalue weighted by Gasteiger charge is 2.09. The van der Waals surface area contributed by atoms with Crippen LogP contribution in [0.1, 0.15) is 39.2 Å². The Morgan fingerprint density at radius 2 is 2.06 bits per heavy atom. The first-order valence-electron chi connectivity index (χ1n) is 5.96. The summed E-state index contributed by atoms with van der Waals surface area (Å²) in [5.74, 6) is 0.858. The van der Waals surface area contributed by atoms with E-state index >= 15 is 0 Å². The van der Waals surface area contributed by atoms with Gasteiger partial charge in [0.15, 0.2) is 0 Å². The molecule has 1 aromatic carbocycles. The lowest BCUT2D eigenvalue weighted by Gasteiger charge is -2.17. The maximum absolute atomic E-state index is 7.35. The van der Waals surface area contributed by atoms with Crippen molar-refractivity contribution in [2.45, 2.75) is 33.6 Å². The second-order valence-electron chi connectivity index (χ2n) is 5.45. The Morgan fingerprint density at radius 1 is 1.35 bits per heavy atom. The van der Waals surface area contributed by atoms with Gasteiger partial charge >= 0.3 is 0 Å². The van der Waals surface area contributed by atoms with Crippen molar-refractivity contribution in [2.24, 2.45) is 11.1 Å². The zero-order valence-corrected chi connectivity index (χ0v) is 10.9. The van der Waals surface area contributed by atoms with Gasteiger partial charge in [-0.15, -0.1) is 0 Å². The van der Waals surface area contributed by atoms with Gasteiger partial charge in [-0.05, 0) is 30.4 Å². The van der Waals surface area contributed by atoms with Crippen molar-refractivity contribution in [3.63, 3.8) is 0 Å². The second-order valence-corrected chi connectivity index (χ2v) is 5.45. The van der Waals surface area contributed by atoms with E-state index in [9.17, 15) is 0 Å². The fourth-order valence-electron chi connectivity index (χ4n) is 1.55. The predicted molar refractivity (Wildman–Crippen MR) is 71.6 cm³/mol. The minimum atomic E-state index is 0.0742. The summed E-state index contributed by atoms with van der Waals surface area (Å²) in [5, 5.41) is 7.35. The van der Waals surface area contributed by atoms with Crippen LogP contribution in [-0.2, 0) is 0 Å². The fourth-order valence-corrected chi connectivity index (χ4v) is 1.55. The van der Waals surface area contributed by atoms with E-state index in [1.54, 1.807) is 6.07 Å². The quantitative estimate of drug-likeness (QED) is 0.467. The molecule has 3 heteroatoms. The highest BCUT2D eigenvalue weighted by atomic mass is 16.5. The van der Waals surface area contributed by atoms with Gasteiger partial charge in [0, 0.05) is 5.56 Å². The number of ether oxygens (including phenoxy) is 1. The Labute approximate surface area is 103 Å². The van der Waals surface area contributed by atoms with Crippen LogP contribution in [0.25, 0.3) is 0 Å². The summed E-state index contributed by atoms with van der Waals surface area (Å²) >= 11 is 0. The van der Waals surface area contributed by atoms with Crippen LogP contribution in [0, 0.1) is 10.8 Å². The molecule has 0 unspecified atom stereocenters. The Kier molecular flexibility index (Phi) is 4.55. The van der Waals surface area contributed by atoms with Crippen LogP contribution in [0.5, 0.6) is 5.75 Å². The Hall–Kier alpha value is -1.51. The lowest BCUT2D eigenvalue weighted by Crippen LogP contribution is -2.11. The molecule has 0 amide bonds. The summed E-state index contributed by atoms with van der Waals surface area (Å²) in [4.78, 5) is 0. The number of benzene rings is 1. The standard InChI is InChI=1S/C14H22N2O/c1-14(2,3)8-5-9-17-12-7-4-6-11(10-12)13(15)16/h4,6-7,10H,5,8-9H2,1-3H3,(H3,15,16). The van der Waals surface area contributed by atoms with Gasteiger partial charge in [0.05, 0.1) is 6.61 Å². The highest BCUT2D eigenvalue weighted by Crippen LogP contribution is 2.21. The van der Waals surface area contributed by atoms with Gasteiger partial charge in [0.25, 0.3) is 0 Å². The molecule has 1 aromatic rings. The summed E-state index contributed by atoms with van der Waals surface area (Å²) < 4.78 is 5.64. The van der Waals surface area contributed by atoms with Gasteiger partial charge in [-0.2, -0.15) is 0 Å². The van der Waals surface area contributed by atoms with E-state index in [-0.39, 0.29) is 5.84 Å². The van der Waals surface area contributed by atoms with Crippen LogP contribution in [0.15, 0.2) is 24.3 Å². The molecule has 0 saturated carbocycles. The zero-order chi connectivity index (χ0) is 12.9. The Morgan fingerprint density at radius 3 is 2.65 bits per heavy atom. The molecule has 0 aliphatic heterocycles. The third kappa shape index (κ3) is 5.38. The molecular formula is C14H22N2O. The minimum absolute atomic E-state index is 0.0742. The normalized spacial score (nSPS) is 11.2. The molecule has 3 N–H and O–H groups in total. The molecular weight excluding hydrogens is 212 g/mol. The maximum Gasteiger partial charge on any atom is 0.122 e. The smallest absolute Gasteiger partial charge is 0.122 e. The largest absolute Gasteiger partial charge is 0.494 e. The van der Waals surface area contributed by atoms with Crippen molar-refractivity contribution in [3.8, 4) is 5.75 Å². The van der Waals surface area contributed by atoms with Gasteiger partial charge in [0.1, 0.15) is 11.6 Å². The van der Waals surface area contributed by atoms with E-state index in [1.165, 1.54) is 0 Å². The van der Waals surface area contributed by atoms with E-state index in [0.717, 1.165) is 18.6 Å². The van der Waals surface area contributed by atoms with Crippen molar-refractivity contribution >= 4 is 5.84 Å². The Balaban J connectivity index is 2.42. The van der Waals surface area contributed by atoms with E-state index in [0.29, 0.717) is 17.6 Å². The lowest BCUT2D eigenvalue weighted by molar-refractivity contribution is 0.269. The molecule has 0 saturated heterocycles. The molecule has 0 radical (unpaired) electrons. The van der Waals surface area contributed by atoms with Crippen LogP contribution >= 0.6 is 0 Å². The topological polar surface area (TPSA) is 59.1 Å². The minimum Gasteiger partial charge on any atom is -0.494 e. The first kappa shape index (κ1) is 13.6. The summed E-state index contributed by atoms with van der Waals surface area (Å²) in [6.45, 7) is 7.38. The summed E-state index contributed by atoms with van der Waals surface area (Å²) in [6, 6.07) is 7.36. The average molecular weight is 234 g/mol. The molecule has 3 nitrogen and oxygen atoms in total. The molecule has 1 rings (SSSR count). The van der Waals surface area contributed by atoms with Crippen molar-refractivity contribution in [2.75, 3.05) is 6.61 Å². The van der Waals surface area contributed by atoms with E-state index in [4.69, 9.17) is 15.9 Å². The van der Waals surface area contributed by atoms with Gasteiger partial charge in [-0.1, -0.05) is 32.9 Å². The number of hydrogen-bond acceptors (Lipinski definition) is 2. The first-order chi connectivity index (χ1) is 7.88. The lowest BCUT2D eigenvalue weighted by atomic mass is 9.91. The molecule has 0 heterocycles. The van der Waals surface area contributed by atoms with Gasteiger partial charge in [-0.3, -0.25) is 5.41 Å². The zero-order valence-electron chi connectivity index (χ0n) is 10.9. The average Bonchev–Trinajstić information content (AvgIpc) is 2.23. The molecule has 0 aliphatic carbocycles. The monoisotopic (exact) mass is 234 g/mol. The van der Waals surface area contributed by atoms with Crippen LogP contribution in [0.4, 0.5) is 0 Å². The number of nitrogens with two attached hydrogens (primary N) is 1. The van der Waals surface area contributed by atoms with Crippen LogP contribution in [-0.4, -0.2) is 12.4 Å². The van der Waals surface area contributed by atoms with E-state index in [1.807, 2.05) is 18.2 Å². The number of nitrogen functional groups attached to an aromatic ring is 1. The van der Waals surface area contributed by atoms with Crippen LogP contribution in [0.2, 0.25) is 0 Å². The van der Waals surface area contributed by atoms with Crippen molar-refractivity contribution < 1.29 is 4.74 Å². The number of rotatable bonds is 5. The third-order valence-electron chi connectivity index (χ3n) is 2.48. The van der Waals surface area contributed by atoms with Crippen molar-refractivity contribution in [3.05, 3.63) is 29.8 Å². The summed E-state index contributed by atoms with van der Waals surface area (Å²) in [5.41, 5.74) is 6.48. The molecule has 0 spiro atoms. The predicted octanol–water partition coefficient (Wildman–Crippen LogP) is 3.18. The first-order valence-corrected chi connectivity index (χ1v) is 5.96. The van der Waals surface area contributed by atoms with Crippen LogP contribution < -0.4 is 10.5 Å². The second kappa shape index (κ2) is 5.71. The van der Waals surface area contributed by atoms with Crippen molar-refractivity contribution in [1.29, 1.82) is 5.41 Å². The highest BCUT2D eigenvalue weighted by molar-refractivity contribution is 5.95. The fraction of sp³-hybridized carbons (Fsp3) is 0.500. The molecule has 0 aliphatic rings. The molecule has 0 bridgehead atoms. The SMILES string of the molecule is CC(C)(C)CCCOc1cccc(C(=N)N)c1. The van der Waals surface area contributed by atoms with Gasteiger partial charge < -0.3 is 10.5 Å². The summed E-state index contributed by atoms with van der Waals surface area (Å²) in [7, 11) is 0. The molecule has 0 aromatic heterocycles. The maximum atomic E-state index is 7.35. The number of amidine groups is 1. The van der Waals surface area contributed by atoms with E-state index in [2.05, 4.69) is 20.8 Å². The molecule has 17 heavy (non-hydrogen) atoms. The van der Waals surface area contributed by atoms with Gasteiger partial charge in [0.2, 0.25) is 0 Å². The molecule has 94 valence electrons. The number of hydrogen-bond donors (Lipinski definition) is 2. The molecule has 0 atom stereocenters. The summed E-state index contributed by atoms with van der Waals surface area (Å²) in [6.07, 6.45) is 2.17. The third-order valence-corrected chi connectivity index (χ3v) is 2.48. The molecule has 0 fully saturated rings. The Bertz CT molecular complexity index is 380. The van der Waals surface area contributed by atoms with Crippen LogP contribution in [0.3, 0.4) is 0 Å². The van der Waals surface area contributed by atoms with E-state index < -0.39 is 0 Å². The van der Waals surface area contributed by atoms with Crippen molar-refractivity contribution in [1.82, 2.24) is 0 Å².